The Balaban J connectivity index is 1.42. The average Bonchev–Trinajstić information content (AvgIpc) is 3.28. The number of aryl methyl sites for hydroxylation is 1. The highest BCUT2D eigenvalue weighted by Crippen LogP contribution is 2.26. The molecule has 0 unspecified atom stereocenters. The van der Waals surface area contributed by atoms with Crippen LogP contribution in [0.3, 0.4) is 0 Å². The summed E-state index contributed by atoms with van der Waals surface area (Å²) in [5.74, 6) is 0.152. The van der Waals surface area contributed by atoms with Crippen LogP contribution in [0.4, 0.5) is 5.13 Å². The lowest BCUT2D eigenvalue weighted by atomic mass is 10.1. The normalized spacial score (nSPS) is 22.2. The minimum absolute atomic E-state index is 0.0651. The van der Waals surface area contributed by atoms with E-state index in [-0.39, 0.29) is 24.0 Å². The molecule has 2 saturated heterocycles. The number of likely N-dealkylation sites (tertiary alicyclic amines) is 1. The second-order valence-electron chi connectivity index (χ2n) is 7.21. The van der Waals surface area contributed by atoms with Crippen LogP contribution >= 0.6 is 11.3 Å². The van der Waals surface area contributed by atoms with Crippen LogP contribution in [0.15, 0.2) is 35.7 Å². The van der Waals surface area contributed by atoms with Crippen LogP contribution in [0.1, 0.15) is 24.1 Å². The number of rotatable bonds is 5. The minimum Gasteiger partial charge on any atom is -0.375 e. The Labute approximate surface area is 168 Å². The number of nitrogens with zero attached hydrogens (tertiary/aromatic N) is 3. The monoisotopic (exact) mass is 400 g/mol. The standard InChI is InChI=1S/C20H24N4O3S/c21-20-22-15(13-28-20)6-7-18(25)23-11-16-17(12-23)27-9-8-19(26)24(16)10-14-4-2-1-3-5-14/h1-5,13,16-17H,6-12H2,(H2,21,22)/t16-,17-/m0/s1. The quantitative estimate of drug-likeness (QED) is 0.825. The maximum atomic E-state index is 12.7. The SMILES string of the molecule is Nc1nc(CCC(=O)N2C[C@@H]3OCCC(=O)N(Cc4ccccc4)[C@H]3C2)cs1. The molecule has 28 heavy (non-hydrogen) atoms. The lowest BCUT2D eigenvalue weighted by Gasteiger charge is -2.29. The average molecular weight is 401 g/mol. The molecule has 4 rings (SSSR count). The van der Waals surface area contributed by atoms with E-state index in [0.29, 0.717) is 50.6 Å². The number of aromatic nitrogens is 1. The summed E-state index contributed by atoms with van der Waals surface area (Å²) in [6, 6.07) is 9.85. The predicted octanol–water partition coefficient (Wildman–Crippen LogP) is 1.69. The zero-order chi connectivity index (χ0) is 19.5. The lowest BCUT2D eigenvalue weighted by molar-refractivity contribution is -0.135. The number of carbonyl (C=O) groups is 2. The first-order valence-electron chi connectivity index (χ1n) is 9.53. The summed E-state index contributed by atoms with van der Waals surface area (Å²) < 4.78 is 5.93. The van der Waals surface area contributed by atoms with Gasteiger partial charge in [0.15, 0.2) is 5.13 Å². The summed E-state index contributed by atoms with van der Waals surface area (Å²) >= 11 is 1.39. The number of carbonyl (C=O) groups excluding carboxylic acids is 2. The van der Waals surface area contributed by atoms with E-state index in [9.17, 15) is 9.59 Å². The molecule has 2 atom stereocenters. The molecular formula is C20H24N4O3S. The van der Waals surface area contributed by atoms with Gasteiger partial charge in [-0.3, -0.25) is 9.59 Å². The van der Waals surface area contributed by atoms with Gasteiger partial charge in [-0.05, 0) is 12.0 Å². The van der Waals surface area contributed by atoms with Gasteiger partial charge >= 0.3 is 0 Å². The van der Waals surface area contributed by atoms with Crippen molar-refractivity contribution in [3.63, 3.8) is 0 Å². The number of thiazole rings is 1. The number of hydrogen-bond donors (Lipinski definition) is 1. The molecule has 0 spiro atoms. The lowest BCUT2D eigenvalue weighted by Crippen LogP contribution is -2.45. The molecule has 2 fully saturated rings. The zero-order valence-electron chi connectivity index (χ0n) is 15.6. The molecule has 2 amide bonds. The maximum Gasteiger partial charge on any atom is 0.225 e. The summed E-state index contributed by atoms with van der Waals surface area (Å²) in [7, 11) is 0. The number of nitrogen functional groups attached to an aromatic ring is 1. The second-order valence-corrected chi connectivity index (χ2v) is 8.10. The van der Waals surface area contributed by atoms with Crippen molar-refractivity contribution in [2.75, 3.05) is 25.4 Å². The predicted molar refractivity (Wildman–Crippen MR) is 107 cm³/mol. The fraction of sp³-hybridized carbons (Fsp3) is 0.450. The number of ether oxygens (including phenoxy) is 1. The third kappa shape index (κ3) is 4.18. The van der Waals surface area contributed by atoms with Crippen LogP contribution in [0.2, 0.25) is 0 Å². The number of hydrogen-bond acceptors (Lipinski definition) is 6. The summed E-state index contributed by atoms with van der Waals surface area (Å²) in [6.45, 7) is 2.00. The molecule has 0 bridgehead atoms. The minimum atomic E-state index is -0.131. The van der Waals surface area contributed by atoms with E-state index in [0.717, 1.165) is 11.3 Å². The third-order valence-corrected chi connectivity index (χ3v) is 6.04. The van der Waals surface area contributed by atoms with Gasteiger partial charge in [0, 0.05) is 31.4 Å². The van der Waals surface area contributed by atoms with Crippen molar-refractivity contribution >= 4 is 28.3 Å². The number of benzene rings is 1. The van der Waals surface area contributed by atoms with Crippen molar-refractivity contribution < 1.29 is 14.3 Å². The largest absolute Gasteiger partial charge is 0.375 e. The van der Waals surface area contributed by atoms with Gasteiger partial charge in [-0.15, -0.1) is 11.3 Å². The second kappa shape index (κ2) is 8.28. The molecule has 7 nitrogen and oxygen atoms in total. The first kappa shape index (κ1) is 18.9. The molecule has 1 aromatic heterocycles. The highest BCUT2D eigenvalue weighted by molar-refractivity contribution is 7.13. The molecule has 0 radical (unpaired) electrons. The van der Waals surface area contributed by atoms with E-state index in [2.05, 4.69) is 4.98 Å². The fourth-order valence-corrected chi connectivity index (χ4v) is 4.46. The van der Waals surface area contributed by atoms with Gasteiger partial charge in [0.05, 0.1) is 30.9 Å². The molecule has 2 aromatic rings. The van der Waals surface area contributed by atoms with Gasteiger partial charge in [0.2, 0.25) is 11.8 Å². The van der Waals surface area contributed by atoms with Crippen molar-refractivity contribution in [3.8, 4) is 0 Å². The highest BCUT2D eigenvalue weighted by Gasteiger charge is 2.42. The number of nitrogens with two attached hydrogens (primary N) is 1. The summed E-state index contributed by atoms with van der Waals surface area (Å²) in [4.78, 5) is 33.3. The van der Waals surface area contributed by atoms with E-state index >= 15 is 0 Å². The first-order chi connectivity index (χ1) is 13.6. The Morgan fingerprint density at radius 1 is 1.29 bits per heavy atom. The third-order valence-electron chi connectivity index (χ3n) is 5.32. The van der Waals surface area contributed by atoms with Gasteiger partial charge in [-0.2, -0.15) is 0 Å². The van der Waals surface area contributed by atoms with Crippen LogP contribution in [-0.4, -0.2) is 58.4 Å². The Hall–Kier alpha value is -2.45. The zero-order valence-corrected chi connectivity index (χ0v) is 16.4. The van der Waals surface area contributed by atoms with E-state index in [1.54, 1.807) is 0 Å². The van der Waals surface area contributed by atoms with E-state index in [4.69, 9.17) is 10.5 Å². The topological polar surface area (TPSA) is 88.8 Å². The molecule has 2 aliphatic heterocycles. The van der Waals surface area contributed by atoms with Gasteiger partial charge in [0.25, 0.3) is 0 Å². The van der Waals surface area contributed by atoms with Gasteiger partial charge in [0.1, 0.15) is 0 Å². The Bertz CT molecular complexity index is 841. The van der Waals surface area contributed by atoms with Crippen LogP contribution < -0.4 is 5.73 Å². The summed E-state index contributed by atoms with van der Waals surface area (Å²) in [5.41, 5.74) is 7.59. The molecule has 1 aromatic carbocycles. The molecule has 3 heterocycles. The number of anilines is 1. The van der Waals surface area contributed by atoms with E-state index in [1.807, 2.05) is 45.5 Å². The molecule has 0 saturated carbocycles. The Kier molecular flexibility index (Phi) is 5.59. The van der Waals surface area contributed by atoms with Crippen molar-refractivity contribution in [1.29, 1.82) is 0 Å². The molecule has 0 aliphatic carbocycles. The Morgan fingerprint density at radius 3 is 2.86 bits per heavy atom. The summed E-state index contributed by atoms with van der Waals surface area (Å²) in [6.07, 6.45) is 1.22. The van der Waals surface area contributed by atoms with E-state index in [1.165, 1.54) is 11.3 Å². The van der Waals surface area contributed by atoms with Crippen LogP contribution in [0.25, 0.3) is 0 Å². The van der Waals surface area contributed by atoms with Crippen LogP contribution in [0.5, 0.6) is 0 Å². The van der Waals surface area contributed by atoms with Gasteiger partial charge in [-0.25, -0.2) is 4.98 Å². The molecule has 2 aliphatic rings. The van der Waals surface area contributed by atoms with Crippen molar-refractivity contribution in [2.45, 2.75) is 38.0 Å². The van der Waals surface area contributed by atoms with Gasteiger partial charge < -0.3 is 20.3 Å². The van der Waals surface area contributed by atoms with Crippen LogP contribution in [-0.2, 0) is 27.3 Å². The Morgan fingerprint density at radius 2 is 2.11 bits per heavy atom. The van der Waals surface area contributed by atoms with Crippen molar-refractivity contribution in [3.05, 3.63) is 47.0 Å². The maximum absolute atomic E-state index is 12.7. The van der Waals surface area contributed by atoms with Gasteiger partial charge in [-0.1, -0.05) is 30.3 Å². The van der Waals surface area contributed by atoms with Crippen LogP contribution in [0, 0.1) is 0 Å². The molecule has 148 valence electrons. The fourth-order valence-electron chi connectivity index (χ4n) is 3.87. The molecular weight excluding hydrogens is 376 g/mol. The first-order valence-corrected chi connectivity index (χ1v) is 10.4. The molecule has 8 heteroatoms. The molecule has 2 N–H and O–H groups in total. The highest BCUT2D eigenvalue weighted by atomic mass is 32.1. The van der Waals surface area contributed by atoms with Crippen molar-refractivity contribution in [2.24, 2.45) is 0 Å². The smallest absolute Gasteiger partial charge is 0.225 e. The van der Waals surface area contributed by atoms with E-state index < -0.39 is 0 Å². The number of fused-ring (bicyclic) bond motifs is 1. The van der Waals surface area contributed by atoms with Crippen molar-refractivity contribution in [1.82, 2.24) is 14.8 Å². The number of amides is 2. The summed E-state index contributed by atoms with van der Waals surface area (Å²) in [5, 5.41) is 2.41.